The van der Waals surface area contributed by atoms with Gasteiger partial charge in [0.1, 0.15) is 5.78 Å². The summed E-state index contributed by atoms with van der Waals surface area (Å²) in [4.78, 5) is 10.9. The molecule has 0 N–H and O–H groups in total. The molecular weight excluding hydrogens is 124 g/mol. The van der Waals surface area contributed by atoms with E-state index < -0.39 is 0 Å². The van der Waals surface area contributed by atoms with Gasteiger partial charge >= 0.3 is 0 Å². The molecule has 0 aliphatic heterocycles. The largest absolute Gasteiger partial charge is 0.299 e. The Morgan fingerprint density at radius 2 is 2.30 bits per heavy atom. The maximum Gasteiger partial charge on any atom is 0.136 e. The van der Waals surface area contributed by atoms with Crippen LogP contribution >= 0.6 is 0 Å². The van der Waals surface area contributed by atoms with Crippen LogP contribution in [0.5, 0.6) is 0 Å². The molecule has 10 heavy (non-hydrogen) atoms. The van der Waals surface area contributed by atoms with Crippen molar-refractivity contribution in [2.75, 3.05) is 0 Å². The standard InChI is InChI=1S/C9H16O/c1-4-6-9(10)7-8(3)5-2/h4,8H,1,5-7H2,2-3H3. The van der Waals surface area contributed by atoms with Crippen molar-refractivity contribution in [2.24, 2.45) is 5.92 Å². The first kappa shape index (κ1) is 9.41. The van der Waals surface area contributed by atoms with E-state index in [0.29, 0.717) is 24.5 Å². The highest BCUT2D eigenvalue weighted by atomic mass is 16.1. The molecule has 0 aliphatic carbocycles. The molecular formula is C9H16O. The first-order valence-electron chi connectivity index (χ1n) is 3.83. The molecule has 0 aliphatic rings. The fraction of sp³-hybridized carbons (Fsp3) is 0.667. The van der Waals surface area contributed by atoms with Gasteiger partial charge in [-0.3, -0.25) is 4.79 Å². The number of carbonyl (C=O) groups excluding carboxylic acids is 1. The van der Waals surface area contributed by atoms with E-state index in [-0.39, 0.29) is 0 Å². The summed E-state index contributed by atoms with van der Waals surface area (Å²) in [6, 6.07) is 0. The minimum atomic E-state index is 0.310. The van der Waals surface area contributed by atoms with Gasteiger partial charge in [-0.1, -0.05) is 26.3 Å². The number of hydrogen-bond acceptors (Lipinski definition) is 1. The van der Waals surface area contributed by atoms with E-state index in [1.165, 1.54) is 0 Å². The summed E-state index contributed by atoms with van der Waals surface area (Å²) >= 11 is 0. The number of Topliss-reactive ketones (excluding diaryl/α,β-unsaturated/α-hetero) is 1. The van der Waals surface area contributed by atoms with Crippen molar-refractivity contribution in [3.8, 4) is 0 Å². The van der Waals surface area contributed by atoms with Gasteiger partial charge in [-0.05, 0) is 5.92 Å². The fourth-order valence-corrected chi connectivity index (χ4v) is 0.777. The van der Waals surface area contributed by atoms with Gasteiger partial charge in [0.15, 0.2) is 0 Å². The number of rotatable bonds is 5. The van der Waals surface area contributed by atoms with Gasteiger partial charge in [0.2, 0.25) is 0 Å². The lowest BCUT2D eigenvalue weighted by molar-refractivity contribution is -0.119. The van der Waals surface area contributed by atoms with Crippen LogP contribution in [0.15, 0.2) is 12.7 Å². The number of carbonyl (C=O) groups is 1. The molecule has 1 heteroatoms. The second kappa shape index (κ2) is 5.21. The predicted octanol–water partition coefficient (Wildman–Crippen LogP) is 2.57. The zero-order chi connectivity index (χ0) is 7.98. The maximum atomic E-state index is 10.9. The third-order valence-electron chi connectivity index (χ3n) is 1.65. The molecule has 0 radical (unpaired) electrons. The molecule has 0 saturated carbocycles. The van der Waals surface area contributed by atoms with Crippen molar-refractivity contribution in [2.45, 2.75) is 33.1 Å². The molecule has 0 fully saturated rings. The third kappa shape index (κ3) is 4.30. The molecule has 0 saturated heterocycles. The molecule has 58 valence electrons. The molecule has 0 aromatic rings. The summed E-state index contributed by atoms with van der Waals surface area (Å²) in [5.41, 5.74) is 0. The van der Waals surface area contributed by atoms with Crippen LogP contribution in [0, 0.1) is 5.92 Å². The van der Waals surface area contributed by atoms with E-state index in [4.69, 9.17) is 0 Å². The number of ketones is 1. The lowest BCUT2D eigenvalue weighted by Crippen LogP contribution is -2.02. The summed E-state index contributed by atoms with van der Waals surface area (Å²) < 4.78 is 0. The Labute approximate surface area is 63.1 Å². The van der Waals surface area contributed by atoms with Gasteiger partial charge in [0, 0.05) is 12.8 Å². The third-order valence-corrected chi connectivity index (χ3v) is 1.65. The first-order chi connectivity index (χ1) is 4.70. The van der Waals surface area contributed by atoms with Crippen LogP contribution in [-0.4, -0.2) is 5.78 Å². The van der Waals surface area contributed by atoms with E-state index in [9.17, 15) is 4.79 Å². The number of hydrogen-bond donors (Lipinski definition) is 0. The van der Waals surface area contributed by atoms with Gasteiger partial charge in [0.05, 0.1) is 0 Å². The molecule has 1 atom stereocenters. The van der Waals surface area contributed by atoms with Gasteiger partial charge in [-0.15, -0.1) is 6.58 Å². The molecule has 0 rings (SSSR count). The maximum absolute atomic E-state index is 10.9. The zero-order valence-electron chi connectivity index (χ0n) is 6.89. The van der Waals surface area contributed by atoms with Gasteiger partial charge < -0.3 is 0 Å². The quantitative estimate of drug-likeness (QED) is 0.536. The summed E-state index contributed by atoms with van der Waals surface area (Å²) in [6.45, 7) is 7.71. The Hall–Kier alpha value is -0.590. The summed E-state index contributed by atoms with van der Waals surface area (Å²) in [5.74, 6) is 0.844. The van der Waals surface area contributed by atoms with Crippen LogP contribution < -0.4 is 0 Å². The average molecular weight is 140 g/mol. The summed E-state index contributed by atoms with van der Waals surface area (Å²) in [5, 5.41) is 0. The van der Waals surface area contributed by atoms with Crippen LogP contribution in [0.1, 0.15) is 33.1 Å². The van der Waals surface area contributed by atoms with E-state index in [0.717, 1.165) is 6.42 Å². The second-order valence-electron chi connectivity index (χ2n) is 2.75. The van der Waals surface area contributed by atoms with Crippen molar-refractivity contribution >= 4 is 5.78 Å². The molecule has 0 aromatic heterocycles. The fourth-order valence-electron chi connectivity index (χ4n) is 0.777. The second-order valence-corrected chi connectivity index (χ2v) is 2.75. The minimum absolute atomic E-state index is 0.310. The summed E-state index contributed by atoms with van der Waals surface area (Å²) in [7, 11) is 0. The molecule has 0 aromatic carbocycles. The minimum Gasteiger partial charge on any atom is -0.299 e. The Kier molecular flexibility index (Phi) is 4.91. The van der Waals surface area contributed by atoms with Crippen molar-refractivity contribution in [1.82, 2.24) is 0 Å². The molecule has 0 amide bonds. The Morgan fingerprint density at radius 3 is 2.70 bits per heavy atom. The average Bonchev–Trinajstić information content (AvgIpc) is 1.88. The highest BCUT2D eigenvalue weighted by Gasteiger charge is 2.04. The first-order valence-corrected chi connectivity index (χ1v) is 3.83. The van der Waals surface area contributed by atoms with Crippen LogP contribution in [0.25, 0.3) is 0 Å². The highest BCUT2D eigenvalue weighted by molar-refractivity contribution is 5.79. The van der Waals surface area contributed by atoms with Crippen molar-refractivity contribution in [1.29, 1.82) is 0 Å². The Morgan fingerprint density at radius 1 is 1.70 bits per heavy atom. The number of allylic oxidation sites excluding steroid dienone is 1. The van der Waals surface area contributed by atoms with E-state index in [2.05, 4.69) is 20.4 Å². The molecule has 1 nitrogen and oxygen atoms in total. The van der Waals surface area contributed by atoms with Crippen molar-refractivity contribution < 1.29 is 4.79 Å². The van der Waals surface area contributed by atoms with Gasteiger partial charge in [0.25, 0.3) is 0 Å². The SMILES string of the molecule is C=CCC(=O)CC(C)CC. The Bertz CT molecular complexity index is 116. The van der Waals surface area contributed by atoms with Crippen LogP contribution in [0.2, 0.25) is 0 Å². The topological polar surface area (TPSA) is 17.1 Å². The van der Waals surface area contributed by atoms with Gasteiger partial charge in [-0.25, -0.2) is 0 Å². The zero-order valence-corrected chi connectivity index (χ0v) is 6.89. The molecule has 1 unspecified atom stereocenters. The molecule has 0 heterocycles. The normalized spacial score (nSPS) is 12.6. The summed E-state index contributed by atoms with van der Waals surface area (Å²) in [6.07, 6.45) is 4.00. The van der Waals surface area contributed by atoms with Crippen LogP contribution in [-0.2, 0) is 4.79 Å². The Balaban J connectivity index is 3.46. The van der Waals surface area contributed by atoms with E-state index in [1.54, 1.807) is 6.08 Å². The molecule has 0 spiro atoms. The van der Waals surface area contributed by atoms with Crippen molar-refractivity contribution in [3.05, 3.63) is 12.7 Å². The monoisotopic (exact) mass is 140 g/mol. The van der Waals surface area contributed by atoms with Crippen molar-refractivity contribution in [3.63, 3.8) is 0 Å². The predicted molar refractivity (Wildman–Crippen MR) is 43.9 cm³/mol. The lowest BCUT2D eigenvalue weighted by Gasteiger charge is -2.04. The van der Waals surface area contributed by atoms with E-state index in [1.807, 2.05) is 0 Å². The van der Waals surface area contributed by atoms with Crippen LogP contribution in [0.4, 0.5) is 0 Å². The van der Waals surface area contributed by atoms with Crippen LogP contribution in [0.3, 0.4) is 0 Å². The smallest absolute Gasteiger partial charge is 0.136 e. The van der Waals surface area contributed by atoms with E-state index >= 15 is 0 Å². The lowest BCUT2D eigenvalue weighted by atomic mass is 10.0. The molecule has 0 bridgehead atoms. The van der Waals surface area contributed by atoms with Gasteiger partial charge in [-0.2, -0.15) is 0 Å². The highest BCUT2D eigenvalue weighted by Crippen LogP contribution is 2.07.